The topological polar surface area (TPSA) is 34.4 Å². The summed E-state index contributed by atoms with van der Waals surface area (Å²) in [6, 6.07) is 111. The van der Waals surface area contributed by atoms with Crippen LogP contribution in [-0.4, -0.2) is 13.7 Å². The molecule has 0 fully saturated rings. The van der Waals surface area contributed by atoms with E-state index in [4.69, 9.17) is 4.42 Å². The van der Waals surface area contributed by atoms with Crippen LogP contribution in [0.15, 0.2) is 362 Å². The van der Waals surface area contributed by atoms with Gasteiger partial charge < -0.3 is 27.9 Å². The molecule has 628 valence electrons. The van der Waals surface area contributed by atoms with Crippen LogP contribution in [0.25, 0.3) is 160 Å². The van der Waals surface area contributed by atoms with Crippen LogP contribution < -0.4 is 9.80 Å². The Morgan fingerprint density at radius 1 is 0.264 bits per heavy atom. The Bertz CT molecular complexity index is 8440. The van der Waals surface area contributed by atoms with Crippen LogP contribution >= 0.6 is 0 Å². The second-order valence-corrected chi connectivity index (χ2v) is 40.7. The number of hydrogen-bond donors (Lipinski definition) is 0. The lowest BCUT2D eigenvalue weighted by Gasteiger charge is -2.47. The highest BCUT2D eigenvalue weighted by Crippen LogP contribution is 2.65. The maximum atomic E-state index is 10.1. The van der Waals surface area contributed by atoms with Crippen molar-refractivity contribution in [1.82, 2.24) is 13.7 Å². The number of nitrogens with zero attached hydrogens (tertiary/aromatic N) is 5. The van der Waals surface area contributed by atoms with Gasteiger partial charge in [0.05, 0.1) is 78.2 Å². The van der Waals surface area contributed by atoms with Gasteiger partial charge in [-0.25, -0.2) is 0 Å². The third-order valence-corrected chi connectivity index (χ3v) is 27.4. The summed E-state index contributed by atoms with van der Waals surface area (Å²) in [5, 5.41) is 6.57. The Morgan fingerprint density at radius 3 is 1.20 bits per heavy atom. The highest BCUT2D eigenvalue weighted by Gasteiger charge is 2.45. The Balaban J connectivity index is 0.942. The van der Waals surface area contributed by atoms with E-state index in [-0.39, 0.29) is 55.6 Å². The molecule has 4 aromatic heterocycles. The molecule has 129 heavy (non-hydrogen) atoms. The molecule has 2 aliphatic rings. The minimum Gasteiger partial charge on any atom is -0.455 e. The molecule has 1 atom stereocenters. The number of para-hydroxylation sites is 5. The lowest BCUT2D eigenvalue weighted by molar-refractivity contribution is 0.590. The molecule has 0 aliphatic carbocycles. The first kappa shape index (κ1) is 70.7. The van der Waals surface area contributed by atoms with Gasteiger partial charge in [0.15, 0.2) is 0 Å². The van der Waals surface area contributed by atoms with Crippen molar-refractivity contribution in [3.8, 4) is 72.7 Å². The fourth-order valence-corrected chi connectivity index (χ4v) is 20.8. The van der Waals surface area contributed by atoms with Crippen LogP contribution in [0.3, 0.4) is 0 Å². The summed E-state index contributed by atoms with van der Waals surface area (Å²) < 4.78 is 91.6. The van der Waals surface area contributed by atoms with Gasteiger partial charge >= 0.3 is 0 Å². The van der Waals surface area contributed by atoms with Gasteiger partial charge in [0.25, 0.3) is 0 Å². The molecule has 17 aromatic carbocycles. The van der Waals surface area contributed by atoms with Gasteiger partial charge in [0, 0.05) is 88.3 Å². The molecule has 0 bridgehead atoms. The molecule has 0 radical (unpaired) electrons. The Morgan fingerprint density at radius 2 is 0.690 bits per heavy atom. The zero-order chi connectivity index (χ0) is 95.2. The first-order valence-corrected chi connectivity index (χ1v) is 45.2. The van der Waals surface area contributed by atoms with Crippen molar-refractivity contribution in [2.75, 3.05) is 9.80 Å². The van der Waals surface area contributed by atoms with Crippen molar-refractivity contribution in [3.05, 3.63) is 402 Å². The fourth-order valence-electron chi connectivity index (χ4n) is 20.8. The molecule has 0 saturated heterocycles. The number of benzene rings is 17. The average Bonchev–Trinajstić information content (AvgIpc) is 1.44. The molecule has 0 saturated carbocycles. The van der Waals surface area contributed by atoms with Crippen LogP contribution in [0.4, 0.5) is 34.1 Å². The second kappa shape index (κ2) is 29.0. The third-order valence-electron chi connectivity index (χ3n) is 27.4. The van der Waals surface area contributed by atoms with Crippen molar-refractivity contribution in [2.24, 2.45) is 0 Å². The van der Waals surface area contributed by atoms with Gasteiger partial charge in [0.1, 0.15) is 11.2 Å². The van der Waals surface area contributed by atoms with E-state index in [1.807, 2.05) is 12.1 Å². The monoisotopic (exact) mass is 1680 g/mol. The number of aromatic nitrogens is 3. The lowest BCUT2D eigenvalue weighted by atomic mass is 9.74. The van der Waals surface area contributed by atoms with Crippen molar-refractivity contribution >= 4 is 121 Å². The van der Waals surface area contributed by atoms with Gasteiger partial charge in [-0.15, -0.1) is 0 Å². The molecule has 23 rings (SSSR count). The lowest BCUT2D eigenvalue weighted by Crippen LogP contribution is -2.31. The van der Waals surface area contributed by atoms with Crippen LogP contribution in [0.2, 0.25) is 0 Å². The van der Waals surface area contributed by atoms with Crippen molar-refractivity contribution in [1.29, 1.82) is 0 Å². The number of fused-ring (bicyclic) bond motifs is 16. The van der Waals surface area contributed by atoms with E-state index in [2.05, 4.69) is 420 Å². The average molecular weight is 1680 g/mol. The van der Waals surface area contributed by atoms with E-state index in [1.54, 1.807) is 4.57 Å². The standard InChI is InChI=1S/C123H105N5O/c1-119(2,3)81-52-60-104-97(69-81)98-70-82(120(4,5)6)53-61-105(98)125(104)85-56-58-95-109(73-85)126(87-65-78(75-34-19-16-20-35-75)64-79(66-87)76-36-21-17-22-37-76)111-67-80(114-92(94-46-31-45-93-91-42-27-30-51-113(91)129-118(93)94)44-33-50-108(114)127-106-62-54-83(121(7,8)9)71-99(106)100-72-84(122(10,11)12)55-63-107(100)127)68-112-116(111)115(95)96-59-57-86(124-102-48-28-25-40-89(102)90-41-26-29-49-103(90)124)74-110(96)128(112)117-88(77-38-23-18-24-39-77)43-32-47-101(117)123(13,14)15/h16-74,115H,1-15H3/i25D,26D,28D,29D,40D,41D,48D,49D. The minimum atomic E-state index is -0.609. The van der Waals surface area contributed by atoms with Crippen LogP contribution in [0.1, 0.15) is 165 Å². The molecule has 1 unspecified atom stereocenters. The highest BCUT2D eigenvalue weighted by atomic mass is 16.3. The van der Waals surface area contributed by atoms with Crippen molar-refractivity contribution in [3.63, 3.8) is 0 Å². The van der Waals surface area contributed by atoms with E-state index in [0.717, 1.165) is 189 Å². The normalized spacial score (nSPS) is 14.6. The van der Waals surface area contributed by atoms with E-state index >= 15 is 0 Å². The summed E-state index contributed by atoms with van der Waals surface area (Å²) in [6.07, 6.45) is 0. The van der Waals surface area contributed by atoms with E-state index in [0.29, 0.717) is 5.69 Å². The molecule has 6 heterocycles. The van der Waals surface area contributed by atoms with E-state index in [1.165, 1.54) is 22.3 Å². The third kappa shape index (κ3) is 12.8. The van der Waals surface area contributed by atoms with Crippen LogP contribution in [-0.2, 0) is 27.1 Å². The highest BCUT2D eigenvalue weighted by molar-refractivity contribution is 6.16. The van der Waals surface area contributed by atoms with Gasteiger partial charge in [0.2, 0.25) is 0 Å². The number of rotatable bonds is 10. The molecule has 0 N–H and O–H groups in total. The molecular weight excluding hydrogens is 1560 g/mol. The second-order valence-electron chi connectivity index (χ2n) is 40.7. The molecule has 0 amide bonds. The summed E-state index contributed by atoms with van der Waals surface area (Å²) in [5.41, 5.74) is 30.5. The quantitative estimate of drug-likeness (QED) is 0.137. The van der Waals surface area contributed by atoms with Gasteiger partial charge in [-0.05, 0) is 232 Å². The largest absolute Gasteiger partial charge is 0.455 e. The van der Waals surface area contributed by atoms with E-state index < -0.39 is 47.6 Å². The van der Waals surface area contributed by atoms with Crippen LogP contribution in [0, 0.1) is 0 Å². The zero-order valence-electron chi connectivity index (χ0n) is 83.7. The van der Waals surface area contributed by atoms with Crippen molar-refractivity contribution < 1.29 is 15.4 Å². The predicted octanol–water partition coefficient (Wildman–Crippen LogP) is 34.4. The van der Waals surface area contributed by atoms with E-state index in [9.17, 15) is 11.0 Å². The molecule has 2 aliphatic heterocycles. The molecule has 0 spiro atoms. The number of anilines is 6. The first-order chi connectivity index (χ1) is 65.5. The van der Waals surface area contributed by atoms with Gasteiger partial charge in [-0.3, -0.25) is 0 Å². The van der Waals surface area contributed by atoms with Gasteiger partial charge in [-0.2, -0.15) is 0 Å². The molecular formula is C123H105N5O. The summed E-state index contributed by atoms with van der Waals surface area (Å²) in [6.45, 7) is 34.3. The fraction of sp³-hybridized carbons (Fsp3) is 0.171. The van der Waals surface area contributed by atoms with Gasteiger partial charge in [-0.1, -0.05) is 334 Å². The summed E-state index contributed by atoms with van der Waals surface area (Å²) in [5.74, 6) is -0.609. The molecule has 6 nitrogen and oxygen atoms in total. The minimum absolute atomic E-state index is 0.00612. The Labute approximate surface area is 767 Å². The maximum absolute atomic E-state index is 10.1. The predicted molar refractivity (Wildman–Crippen MR) is 548 cm³/mol. The number of hydrogen-bond acceptors (Lipinski definition) is 3. The Kier molecular flexibility index (Phi) is 15.9. The number of furan rings is 1. The molecule has 6 heteroatoms. The summed E-state index contributed by atoms with van der Waals surface area (Å²) in [4.78, 5) is 5.07. The maximum Gasteiger partial charge on any atom is 0.143 e. The summed E-state index contributed by atoms with van der Waals surface area (Å²) >= 11 is 0. The summed E-state index contributed by atoms with van der Waals surface area (Å²) in [7, 11) is 0. The Hall–Kier alpha value is -14.5. The SMILES string of the molecule is [2H]c1c([2H])c([2H])c2c(c1[2H])c1c([2H])c([2H])c([2H])c([2H])c1n2-c1ccc2c(c1)N(c1c(-c3ccccc3)cccc1C(C)(C)C)c1cc(-c3c(-c4cccc5c4oc4ccccc45)cccc3-n3c4ccc(C(C)(C)C)cc4c4cc(C(C)(C)C)ccc43)cc3c1C2c1ccc(-n2c4ccc(C(C)(C)C)cc4c4cc(C(C)(C)C)ccc42)cc1N3c1cc(-c2ccccc2)cc(-c2ccccc2)c1. The first-order valence-electron chi connectivity index (χ1n) is 49.2. The zero-order valence-corrected chi connectivity index (χ0v) is 75.7. The van der Waals surface area contributed by atoms with Crippen molar-refractivity contribution in [2.45, 2.75) is 137 Å². The smallest absolute Gasteiger partial charge is 0.143 e. The van der Waals surface area contributed by atoms with Crippen LogP contribution in [0.5, 0.6) is 0 Å². The molecule has 21 aromatic rings.